The second-order valence-corrected chi connectivity index (χ2v) is 11.0. The van der Waals surface area contributed by atoms with Crippen LogP contribution in [0, 0.1) is 6.92 Å². The summed E-state index contributed by atoms with van der Waals surface area (Å²) in [7, 11) is 5.04. The molecular formula is C29H42N4O6. The summed E-state index contributed by atoms with van der Waals surface area (Å²) in [6.07, 6.45) is 1.51. The zero-order chi connectivity index (χ0) is 28.9. The highest BCUT2D eigenvalue weighted by Gasteiger charge is 2.28. The molecule has 0 aliphatic carbocycles. The largest absolute Gasteiger partial charge is 0.459 e. The van der Waals surface area contributed by atoms with Gasteiger partial charge < -0.3 is 33.8 Å². The van der Waals surface area contributed by atoms with E-state index in [0.717, 1.165) is 28.0 Å². The van der Waals surface area contributed by atoms with Crippen molar-refractivity contribution >= 4 is 17.0 Å². The highest BCUT2D eigenvalue weighted by molar-refractivity contribution is 5.81. The second kappa shape index (κ2) is 12.9. The van der Waals surface area contributed by atoms with E-state index in [9.17, 15) is 14.7 Å². The first-order chi connectivity index (χ1) is 18.4. The zero-order valence-corrected chi connectivity index (χ0v) is 24.3. The number of esters is 1. The van der Waals surface area contributed by atoms with Crippen LogP contribution < -0.4 is 10.9 Å². The molecular weight excluding hydrogens is 500 g/mol. The Morgan fingerprint density at radius 1 is 1.15 bits per heavy atom. The first-order valence-corrected chi connectivity index (χ1v) is 13.2. The molecule has 0 aliphatic rings. The van der Waals surface area contributed by atoms with Gasteiger partial charge in [0.15, 0.2) is 0 Å². The summed E-state index contributed by atoms with van der Waals surface area (Å²) in [5, 5.41) is 13.3. The third-order valence-corrected chi connectivity index (χ3v) is 6.38. The number of carbonyl (C=O) groups is 1. The number of hydrogen-bond donors (Lipinski definition) is 2. The number of methoxy groups -OCH3 is 2. The molecule has 1 aromatic carbocycles. The fourth-order valence-corrected chi connectivity index (χ4v) is 4.64. The molecule has 39 heavy (non-hydrogen) atoms. The minimum absolute atomic E-state index is 0.0524. The van der Waals surface area contributed by atoms with Crippen molar-refractivity contribution in [2.45, 2.75) is 64.8 Å². The van der Waals surface area contributed by atoms with E-state index in [-0.39, 0.29) is 11.6 Å². The maximum absolute atomic E-state index is 12.5. The smallest absolute Gasteiger partial charge is 0.326 e. The molecule has 214 valence electrons. The number of fused-ring (bicyclic) bond motifs is 1. The van der Waals surface area contributed by atoms with E-state index < -0.39 is 23.7 Å². The van der Waals surface area contributed by atoms with Gasteiger partial charge in [-0.3, -0.25) is 9.59 Å². The van der Waals surface area contributed by atoms with Crippen LogP contribution in [0.3, 0.4) is 0 Å². The van der Waals surface area contributed by atoms with E-state index in [2.05, 4.69) is 9.88 Å². The first-order valence-electron chi connectivity index (χ1n) is 13.2. The lowest BCUT2D eigenvalue weighted by Gasteiger charge is -2.26. The SMILES string of the molecule is COCC(COC)n1c(-c2cc(C)c(=O)n(C)c2)nc2cc(CCNC(C(=O)OC(C)(C)C)C(C)O)ccc21. The Labute approximate surface area is 229 Å². The molecule has 0 saturated carbocycles. The van der Waals surface area contributed by atoms with Gasteiger partial charge in [-0.25, -0.2) is 4.98 Å². The maximum Gasteiger partial charge on any atom is 0.326 e. The molecule has 2 unspecified atom stereocenters. The molecule has 0 aliphatic heterocycles. The number of rotatable bonds is 12. The van der Waals surface area contributed by atoms with Crippen molar-refractivity contribution in [3.63, 3.8) is 0 Å². The van der Waals surface area contributed by atoms with Crippen LogP contribution in [0.15, 0.2) is 35.3 Å². The van der Waals surface area contributed by atoms with Crippen LogP contribution in [0.25, 0.3) is 22.4 Å². The minimum atomic E-state index is -0.899. The van der Waals surface area contributed by atoms with Crippen molar-refractivity contribution in [3.05, 3.63) is 51.9 Å². The third kappa shape index (κ3) is 7.54. The fourth-order valence-electron chi connectivity index (χ4n) is 4.64. The highest BCUT2D eigenvalue weighted by atomic mass is 16.6. The number of aryl methyl sites for hydroxylation is 2. The average Bonchev–Trinajstić information content (AvgIpc) is 3.22. The molecule has 10 nitrogen and oxygen atoms in total. The predicted octanol–water partition coefficient (Wildman–Crippen LogP) is 2.77. The van der Waals surface area contributed by atoms with Crippen molar-refractivity contribution in [1.82, 2.24) is 19.4 Å². The predicted molar refractivity (Wildman–Crippen MR) is 151 cm³/mol. The number of nitrogens with zero attached hydrogens (tertiary/aromatic N) is 3. The van der Waals surface area contributed by atoms with E-state index in [4.69, 9.17) is 19.2 Å². The Kier molecular flexibility index (Phi) is 10.1. The number of imidazole rings is 1. The number of aromatic nitrogens is 3. The summed E-state index contributed by atoms with van der Waals surface area (Å²) in [5.41, 5.74) is 3.50. The van der Waals surface area contributed by atoms with Gasteiger partial charge in [0, 0.05) is 45.1 Å². The van der Waals surface area contributed by atoms with Crippen molar-refractivity contribution in [2.24, 2.45) is 7.05 Å². The number of nitrogens with one attached hydrogen (secondary N) is 1. The maximum atomic E-state index is 12.5. The van der Waals surface area contributed by atoms with Gasteiger partial charge >= 0.3 is 5.97 Å². The van der Waals surface area contributed by atoms with E-state index in [0.29, 0.717) is 31.7 Å². The molecule has 0 bridgehead atoms. The van der Waals surface area contributed by atoms with Gasteiger partial charge in [0.25, 0.3) is 5.56 Å². The minimum Gasteiger partial charge on any atom is -0.459 e. The zero-order valence-electron chi connectivity index (χ0n) is 24.3. The van der Waals surface area contributed by atoms with Gasteiger partial charge in [0.2, 0.25) is 0 Å². The van der Waals surface area contributed by atoms with Crippen LogP contribution in [-0.2, 0) is 32.5 Å². The number of ether oxygens (including phenoxy) is 3. The van der Waals surface area contributed by atoms with Gasteiger partial charge in [-0.1, -0.05) is 6.07 Å². The fraction of sp³-hybridized carbons (Fsp3) is 0.552. The summed E-state index contributed by atoms with van der Waals surface area (Å²) in [4.78, 5) is 29.9. The summed E-state index contributed by atoms with van der Waals surface area (Å²) >= 11 is 0. The van der Waals surface area contributed by atoms with Gasteiger partial charge in [-0.05, 0) is 64.8 Å². The van der Waals surface area contributed by atoms with Gasteiger partial charge in [-0.2, -0.15) is 0 Å². The number of aliphatic hydroxyl groups is 1. The van der Waals surface area contributed by atoms with Crippen molar-refractivity contribution in [3.8, 4) is 11.4 Å². The second-order valence-electron chi connectivity index (χ2n) is 11.0. The Morgan fingerprint density at radius 3 is 2.38 bits per heavy atom. The normalized spacial score (nSPS) is 13.7. The van der Waals surface area contributed by atoms with E-state index >= 15 is 0 Å². The van der Waals surface area contributed by atoms with Crippen LogP contribution in [0.4, 0.5) is 0 Å². The summed E-state index contributed by atoms with van der Waals surface area (Å²) in [6.45, 7) is 10.1. The molecule has 2 aromatic heterocycles. The average molecular weight is 543 g/mol. The Bertz CT molecular complexity index is 1310. The lowest BCUT2D eigenvalue weighted by Crippen LogP contribution is -2.48. The summed E-state index contributed by atoms with van der Waals surface area (Å²) in [5.74, 6) is 0.239. The Morgan fingerprint density at radius 2 is 1.82 bits per heavy atom. The van der Waals surface area contributed by atoms with Crippen molar-refractivity contribution < 1.29 is 24.1 Å². The highest BCUT2D eigenvalue weighted by Crippen LogP contribution is 2.30. The molecule has 10 heteroatoms. The lowest BCUT2D eigenvalue weighted by molar-refractivity contribution is -0.160. The molecule has 0 saturated heterocycles. The quantitative estimate of drug-likeness (QED) is 0.336. The molecule has 3 rings (SSSR count). The van der Waals surface area contributed by atoms with Crippen LogP contribution in [0.5, 0.6) is 0 Å². The molecule has 0 fully saturated rings. The van der Waals surface area contributed by atoms with E-state index in [1.54, 1.807) is 66.6 Å². The van der Waals surface area contributed by atoms with Gasteiger partial charge in [-0.15, -0.1) is 0 Å². The number of hydrogen-bond acceptors (Lipinski definition) is 8. The molecule has 3 aromatic rings. The van der Waals surface area contributed by atoms with Crippen LogP contribution in [0.1, 0.15) is 44.9 Å². The Balaban J connectivity index is 1.94. The lowest BCUT2D eigenvalue weighted by atomic mass is 10.1. The van der Waals surface area contributed by atoms with Gasteiger partial charge in [0.1, 0.15) is 17.5 Å². The van der Waals surface area contributed by atoms with Crippen molar-refractivity contribution in [2.75, 3.05) is 34.0 Å². The molecule has 0 amide bonds. The van der Waals surface area contributed by atoms with Crippen LogP contribution >= 0.6 is 0 Å². The summed E-state index contributed by atoms with van der Waals surface area (Å²) < 4.78 is 20.1. The number of pyridine rings is 1. The van der Waals surface area contributed by atoms with Gasteiger partial charge in [0.05, 0.1) is 36.4 Å². The topological polar surface area (TPSA) is 117 Å². The molecule has 0 spiro atoms. The number of aliphatic hydroxyl groups excluding tert-OH is 1. The monoisotopic (exact) mass is 542 g/mol. The van der Waals surface area contributed by atoms with Crippen molar-refractivity contribution in [1.29, 1.82) is 0 Å². The molecule has 2 heterocycles. The standard InChI is InChI=1S/C29H42N4O6/c1-18-13-21(15-32(6)27(18)35)26-31-23-14-20(9-10-24(23)33(26)22(16-37-7)17-38-8)11-12-30-25(19(2)34)28(36)39-29(3,4)5/h9-10,13-15,19,22,25,30,34H,11-12,16-17H2,1-8H3. The van der Waals surface area contributed by atoms with Crippen LogP contribution in [0.2, 0.25) is 0 Å². The number of carbonyl (C=O) groups excluding carboxylic acids is 1. The molecule has 2 atom stereocenters. The Hall–Kier alpha value is -3.05. The van der Waals surface area contributed by atoms with Crippen LogP contribution in [-0.4, -0.2) is 76.9 Å². The third-order valence-electron chi connectivity index (χ3n) is 6.38. The molecule has 2 N–H and O–H groups in total. The first kappa shape index (κ1) is 30.5. The van der Waals surface area contributed by atoms with E-state index in [1.165, 1.54) is 0 Å². The van der Waals surface area contributed by atoms with E-state index in [1.807, 2.05) is 24.3 Å². The molecule has 0 radical (unpaired) electrons. The number of benzene rings is 1. The summed E-state index contributed by atoms with van der Waals surface area (Å²) in [6, 6.07) is 6.97.